The van der Waals surface area contributed by atoms with Gasteiger partial charge in [0.1, 0.15) is 24.5 Å². The third-order valence-electron chi connectivity index (χ3n) is 7.77. The third kappa shape index (κ3) is 6.04. The van der Waals surface area contributed by atoms with Gasteiger partial charge in [0.05, 0.1) is 18.7 Å². The summed E-state index contributed by atoms with van der Waals surface area (Å²) < 4.78 is 14.8. The van der Waals surface area contributed by atoms with Crippen molar-refractivity contribution >= 4 is 22.7 Å². The highest BCUT2D eigenvalue weighted by molar-refractivity contribution is 5.97. The summed E-state index contributed by atoms with van der Waals surface area (Å²) in [6.45, 7) is 5.29. The molecule has 7 heteroatoms. The molecule has 3 aromatic rings. The van der Waals surface area contributed by atoms with E-state index in [-0.39, 0.29) is 30.6 Å². The van der Waals surface area contributed by atoms with Gasteiger partial charge in [-0.3, -0.25) is 9.59 Å². The summed E-state index contributed by atoms with van der Waals surface area (Å²) >= 11 is 0. The quantitative estimate of drug-likeness (QED) is 0.483. The summed E-state index contributed by atoms with van der Waals surface area (Å²) in [5.41, 5.74) is 1.62. The highest BCUT2D eigenvalue weighted by atomic mass is 16.5. The molecule has 0 spiro atoms. The largest absolute Gasteiger partial charge is 0.485 e. The summed E-state index contributed by atoms with van der Waals surface area (Å²) in [6, 6.07) is 17.6. The summed E-state index contributed by atoms with van der Waals surface area (Å²) in [5, 5.41) is 1.12. The minimum atomic E-state index is -0.336. The normalized spacial score (nSPS) is 21.7. The van der Waals surface area contributed by atoms with Crippen LogP contribution in [0, 0.1) is 0 Å². The number of fused-ring (bicyclic) bond motifs is 3. The monoisotopic (exact) mass is 517 g/mol. The van der Waals surface area contributed by atoms with E-state index in [0.29, 0.717) is 37.6 Å². The molecule has 7 nitrogen and oxygen atoms in total. The van der Waals surface area contributed by atoms with Crippen LogP contribution in [0.4, 0.5) is 0 Å². The molecular weight excluding hydrogens is 478 g/mol. The number of ether oxygens (including phenoxy) is 2. The average molecular weight is 518 g/mol. The predicted molar refractivity (Wildman–Crippen MR) is 148 cm³/mol. The van der Waals surface area contributed by atoms with Gasteiger partial charge in [0.25, 0.3) is 5.91 Å². The average Bonchev–Trinajstić information content (AvgIpc) is 3.53. The lowest BCUT2D eigenvalue weighted by atomic mass is 10.1. The highest BCUT2D eigenvalue weighted by Crippen LogP contribution is 2.27. The van der Waals surface area contributed by atoms with Crippen molar-refractivity contribution in [3.8, 4) is 5.75 Å². The Morgan fingerprint density at radius 3 is 2.50 bits per heavy atom. The second-order valence-corrected chi connectivity index (χ2v) is 10.4. The molecule has 3 heterocycles. The van der Waals surface area contributed by atoms with Crippen LogP contribution in [-0.2, 0) is 16.1 Å². The number of hydrogen-bond acceptors (Lipinski definition) is 4. The lowest BCUT2D eigenvalue weighted by Crippen LogP contribution is -2.35. The maximum Gasteiger partial charge on any atom is 0.257 e. The summed E-state index contributed by atoms with van der Waals surface area (Å²) in [6.07, 6.45) is 8.01. The number of carbonyl (C=O) groups excluding carboxylic acids is 2. The SMILES string of the molecule is CCN1CCCCCCCCO[C@@H]2CN(C(=O)Cn3ccc4ccccc43)C[C@H]2Oc2ccccc2C1=O. The van der Waals surface area contributed by atoms with Crippen LogP contribution in [0.3, 0.4) is 0 Å². The van der Waals surface area contributed by atoms with E-state index in [1.165, 1.54) is 12.8 Å². The zero-order valence-corrected chi connectivity index (χ0v) is 22.4. The number of nitrogens with zero attached hydrogens (tertiary/aromatic N) is 3. The number of para-hydroxylation sites is 2. The Hall–Kier alpha value is -3.32. The second kappa shape index (κ2) is 12.5. The van der Waals surface area contributed by atoms with Gasteiger partial charge < -0.3 is 23.8 Å². The Morgan fingerprint density at radius 2 is 1.63 bits per heavy atom. The van der Waals surface area contributed by atoms with Crippen LogP contribution < -0.4 is 4.74 Å². The van der Waals surface area contributed by atoms with Gasteiger partial charge in [-0.05, 0) is 49.4 Å². The van der Waals surface area contributed by atoms with Crippen molar-refractivity contribution in [1.29, 1.82) is 0 Å². The van der Waals surface area contributed by atoms with Gasteiger partial charge >= 0.3 is 0 Å². The number of carbonyl (C=O) groups is 2. The molecule has 2 aliphatic rings. The minimum Gasteiger partial charge on any atom is -0.485 e. The molecule has 1 aromatic heterocycles. The molecule has 2 aromatic carbocycles. The molecule has 1 fully saturated rings. The lowest BCUT2D eigenvalue weighted by molar-refractivity contribution is -0.131. The first kappa shape index (κ1) is 26.3. The molecule has 0 bridgehead atoms. The maximum atomic E-state index is 13.5. The Labute approximate surface area is 225 Å². The van der Waals surface area contributed by atoms with Crippen molar-refractivity contribution in [2.24, 2.45) is 0 Å². The smallest absolute Gasteiger partial charge is 0.257 e. The standard InChI is InChI=1S/C31H39N3O4/c1-2-32-18-11-5-3-4-6-12-20-37-28-21-34(22-29(28)38-27-16-10-8-14-25(27)31(32)36)30(35)23-33-19-17-24-13-7-9-15-26(24)33/h7-10,13-17,19,28-29H,2-6,11-12,18,20-23H2,1H3/t28-,29-/m1/s1. The van der Waals surface area contributed by atoms with Crippen LogP contribution in [0.5, 0.6) is 5.75 Å². The molecule has 0 aliphatic carbocycles. The molecule has 5 rings (SSSR count). The fourth-order valence-electron chi connectivity index (χ4n) is 5.57. The number of aromatic nitrogens is 1. The summed E-state index contributed by atoms with van der Waals surface area (Å²) in [4.78, 5) is 30.6. The van der Waals surface area contributed by atoms with Crippen LogP contribution in [0.25, 0.3) is 10.9 Å². The van der Waals surface area contributed by atoms with E-state index in [4.69, 9.17) is 9.47 Å². The third-order valence-corrected chi connectivity index (χ3v) is 7.77. The highest BCUT2D eigenvalue weighted by Gasteiger charge is 2.38. The van der Waals surface area contributed by atoms with Crippen LogP contribution in [0.15, 0.2) is 60.8 Å². The molecule has 202 valence electrons. The summed E-state index contributed by atoms with van der Waals surface area (Å²) in [7, 11) is 0. The fraction of sp³-hybridized carbons (Fsp3) is 0.484. The zero-order chi connectivity index (χ0) is 26.3. The van der Waals surface area contributed by atoms with Crippen LogP contribution in [0.1, 0.15) is 55.8 Å². The minimum absolute atomic E-state index is 0.00178. The first-order chi connectivity index (χ1) is 18.6. The Bertz CT molecular complexity index is 1240. The molecule has 2 aliphatic heterocycles. The van der Waals surface area contributed by atoms with E-state index in [9.17, 15) is 9.59 Å². The van der Waals surface area contributed by atoms with Crippen molar-refractivity contribution in [3.05, 3.63) is 66.4 Å². The van der Waals surface area contributed by atoms with Gasteiger partial charge in [-0.2, -0.15) is 0 Å². The Kier molecular flexibility index (Phi) is 8.64. The van der Waals surface area contributed by atoms with Crippen LogP contribution in [-0.4, -0.2) is 71.2 Å². The molecular formula is C31H39N3O4. The predicted octanol–water partition coefficient (Wildman–Crippen LogP) is 5.13. The van der Waals surface area contributed by atoms with E-state index in [2.05, 4.69) is 6.07 Å². The molecule has 2 atom stereocenters. The molecule has 0 saturated carbocycles. The van der Waals surface area contributed by atoms with Gasteiger partial charge in [0.2, 0.25) is 5.91 Å². The van der Waals surface area contributed by atoms with Crippen LogP contribution in [0.2, 0.25) is 0 Å². The van der Waals surface area contributed by atoms with E-state index >= 15 is 0 Å². The molecule has 0 unspecified atom stereocenters. The van der Waals surface area contributed by atoms with Gasteiger partial charge in [-0.25, -0.2) is 0 Å². The number of hydrogen-bond donors (Lipinski definition) is 0. The molecule has 0 radical (unpaired) electrons. The van der Waals surface area contributed by atoms with Crippen molar-refractivity contribution in [1.82, 2.24) is 14.4 Å². The fourth-order valence-corrected chi connectivity index (χ4v) is 5.57. The van der Waals surface area contributed by atoms with E-state index in [0.717, 1.165) is 43.1 Å². The Balaban J connectivity index is 1.35. The Morgan fingerprint density at radius 1 is 0.895 bits per heavy atom. The van der Waals surface area contributed by atoms with Crippen molar-refractivity contribution < 1.29 is 19.1 Å². The molecule has 0 N–H and O–H groups in total. The van der Waals surface area contributed by atoms with Crippen molar-refractivity contribution in [2.45, 2.75) is 64.2 Å². The van der Waals surface area contributed by atoms with Crippen molar-refractivity contribution in [2.75, 3.05) is 32.8 Å². The topological polar surface area (TPSA) is 64.0 Å². The molecule has 38 heavy (non-hydrogen) atoms. The first-order valence-electron chi connectivity index (χ1n) is 14.1. The van der Waals surface area contributed by atoms with E-state index < -0.39 is 0 Å². The number of rotatable bonds is 3. The molecule has 1 saturated heterocycles. The van der Waals surface area contributed by atoms with Gasteiger partial charge in [0, 0.05) is 31.4 Å². The maximum absolute atomic E-state index is 13.5. The van der Waals surface area contributed by atoms with Crippen LogP contribution >= 0.6 is 0 Å². The van der Waals surface area contributed by atoms with Crippen molar-refractivity contribution in [3.63, 3.8) is 0 Å². The number of benzene rings is 2. The van der Waals surface area contributed by atoms with Gasteiger partial charge in [-0.15, -0.1) is 0 Å². The zero-order valence-electron chi connectivity index (χ0n) is 22.4. The van der Waals surface area contributed by atoms with E-state index in [1.807, 2.05) is 76.0 Å². The molecule has 2 amide bonds. The summed E-state index contributed by atoms with van der Waals surface area (Å²) in [5.74, 6) is 0.601. The lowest BCUT2D eigenvalue weighted by Gasteiger charge is -2.25. The number of likely N-dealkylation sites (tertiary alicyclic amines) is 1. The van der Waals surface area contributed by atoms with Gasteiger partial charge in [-0.1, -0.05) is 56.0 Å². The first-order valence-corrected chi connectivity index (χ1v) is 14.1. The van der Waals surface area contributed by atoms with E-state index in [1.54, 1.807) is 0 Å². The second-order valence-electron chi connectivity index (χ2n) is 10.4. The number of amides is 2. The van der Waals surface area contributed by atoms with Gasteiger partial charge in [0.15, 0.2) is 0 Å².